The van der Waals surface area contributed by atoms with Crippen LogP contribution in [0.4, 0.5) is 0 Å². The number of hydrogen-bond donors (Lipinski definition) is 1. The van der Waals surface area contributed by atoms with Crippen LogP contribution in [0.3, 0.4) is 0 Å². The zero-order chi connectivity index (χ0) is 11.3. The Hall–Kier alpha value is -0.430. The maximum absolute atomic E-state index is 11.8. The molecule has 1 heterocycles. The second kappa shape index (κ2) is 6.22. The van der Waals surface area contributed by atoms with Crippen LogP contribution < -0.4 is 10.9 Å². The van der Waals surface area contributed by atoms with Crippen molar-refractivity contribution >= 4 is 22.6 Å². The third kappa shape index (κ3) is 3.57. The van der Waals surface area contributed by atoms with E-state index in [2.05, 4.69) is 32.9 Å². The van der Waals surface area contributed by atoms with Crippen LogP contribution >= 0.6 is 22.6 Å². The first-order chi connectivity index (χ1) is 7.16. The Bertz CT molecular complexity index is 375. The maximum atomic E-state index is 11.8. The molecular formula is C10H16IN3O. The van der Waals surface area contributed by atoms with E-state index in [0.717, 1.165) is 35.2 Å². The van der Waals surface area contributed by atoms with Crippen molar-refractivity contribution in [2.75, 3.05) is 13.6 Å². The molecular weight excluding hydrogens is 305 g/mol. The number of rotatable bonds is 5. The first kappa shape index (κ1) is 12.6. The highest BCUT2D eigenvalue weighted by molar-refractivity contribution is 14.1. The maximum Gasteiger partial charge on any atom is 0.266 e. The predicted molar refractivity (Wildman–Crippen MR) is 69.1 cm³/mol. The van der Waals surface area contributed by atoms with E-state index >= 15 is 0 Å². The molecule has 0 saturated carbocycles. The van der Waals surface area contributed by atoms with Gasteiger partial charge < -0.3 is 5.32 Å². The van der Waals surface area contributed by atoms with E-state index in [1.165, 1.54) is 0 Å². The predicted octanol–water partition coefficient (Wildman–Crippen LogP) is 1.16. The second-order valence-corrected chi connectivity index (χ2v) is 4.53. The summed E-state index contributed by atoms with van der Waals surface area (Å²) < 4.78 is 2.41. The summed E-state index contributed by atoms with van der Waals surface area (Å²) in [6.45, 7) is 3.60. The summed E-state index contributed by atoms with van der Waals surface area (Å²) in [6.07, 6.45) is 3.72. The van der Waals surface area contributed by atoms with Gasteiger partial charge >= 0.3 is 0 Å². The Labute approximate surface area is 103 Å². The Morgan fingerprint density at radius 2 is 2.27 bits per heavy atom. The number of nitrogens with one attached hydrogen (secondary N) is 1. The summed E-state index contributed by atoms with van der Waals surface area (Å²) in [5, 5.41) is 3.08. The van der Waals surface area contributed by atoms with Crippen molar-refractivity contribution in [3.05, 3.63) is 25.9 Å². The van der Waals surface area contributed by atoms with Gasteiger partial charge in [-0.1, -0.05) is 0 Å². The molecule has 0 spiro atoms. The van der Waals surface area contributed by atoms with Crippen LogP contribution in [0.15, 0.2) is 11.1 Å². The first-order valence-electron chi connectivity index (χ1n) is 5.03. The summed E-state index contributed by atoms with van der Waals surface area (Å²) in [6, 6.07) is 0. The highest BCUT2D eigenvalue weighted by Crippen LogP contribution is 2.01. The van der Waals surface area contributed by atoms with Crippen LogP contribution in [0.25, 0.3) is 0 Å². The Balaban J connectivity index is 2.63. The van der Waals surface area contributed by atoms with Crippen molar-refractivity contribution in [2.24, 2.45) is 0 Å². The normalized spacial score (nSPS) is 10.6. The van der Waals surface area contributed by atoms with Gasteiger partial charge in [0.1, 0.15) is 0 Å². The molecule has 0 fully saturated rings. The fraction of sp³-hybridized carbons (Fsp3) is 0.600. The third-order valence-corrected chi connectivity index (χ3v) is 3.47. The lowest BCUT2D eigenvalue weighted by Gasteiger charge is -2.06. The van der Waals surface area contributed by atoms with Gasteiger partial charge in [-0.3, -0.25) is 9.36 Å². The zero-order valence-electron chi connectivity index (χ0n) is 9.09. The van der Waals surface area contributed by atoms with Crippen molar-refractivity contribution < 1.29 is 0 Å². The molecule has 0 aliphatic carbocycles. The van der Waals surface area contributed by atoms with Crippen molar-refractivity contribution in [2.45, 2.75) is 26.3 Å². The van der Waals surface area contributed by atoms with E-state index < -0.39 is 0 Å². The van der Waals surface area contributed by atoms with Gasteiger partial charge in [-0.15, -0.1) is 0 Å². The van der Waals surface area contributed by atoms with Gasteiger partial charge in [0.25, 0.3) is 5.56 Å². The van der Waals surface area contributed by atoms with Gasteiger partial charge in [-0.25, -0.2) is 4.98 Å². The average molecular weight is 321 g/mol. The van der Waals surface area contributed by atoms with Gasteiger partial charge in [0.05, 0.1) is 15.6 Å². The summed E-state index contributed by atoms with van der Waals surface area (Å²) >= 11 is 2.05. The summed E-state index contributed by atoms with van der Waals surface area (Å²) in [7, 11) is 1.93. The Morgan fingerprint density at radius 3 is 2.93 bits per heavy atom. The highest BCUT2D eigenvalue weighted by Gasteiger charge is 2.04. The largest absolute Gasteiger partial charge is 0.320 e. The fourth-order valence-electron chi connectivity index (χ4n) is 1.29. The lowest BCUT2D eigenvalue weighted by molar-refractivity contribution is 0.568. The molecule has 0 radical (unpaired) electrons. The molecule has 1 rings (SSSR count). The SMILES string of the molecule is CNCCCCn1cnc(C)c(I)c1=O. The minimum Gasteiger partial charge on any atom is -0.320 e. The molecule has 0 unspecified atom stereocenters. The van der Waals surface area contributed by atoms with Crippen molar-refractivity contribution in [1.82, 2.24) is 14.9 Å². The molecule has 1 aromatic rings. The molecule has 0 atom stereocenters. The molecule has 0 aromatic carbocycles. The van der Waals surface area contributed by atoms with Crippen LogP contribution in [0.1, 0.15) is 18.5 Å². The Morgan fingerprint density at radius 1 is 1.53 bits per heavy atom. The quantitative estimate of drug-likeness (QED) is 0.654. The summed E-state index contributed by atoms with van der Waals surface area (Å²) in [5.74, 6) is 0. The lowest BCUT2D eigenvalue weighted by Crippen LogP contribution is -2.24. The van der Waals surface area contributed by atoms with E-state index in [1.807, 2.05) is 14.0 Å². The number of halogens is 1. The third-order valence-electron chi connectivity index (χ3n) is 2.23. The smallest absolute Gasteiger partial charge is 0.266 e. The number of unbranched alkanes of at least 4 members (excludes halogenated alkanes) is 1. The van der Waals surface area contributed by atoms with Crippen molar-refractivity contribution in [3.8, 4) is 0 Å². The van der Waals surface area contributed by atoms with Crippen LogP contribution in [-0.2, 0) is 6.54 Å². The molecule has 0 aliphatic rings. The number of nitrogens with zero attached hydrogens (tertiary/aromatic N) is 2. The van der Waals surface area contributed by atoms with Crippen LogP contribution in [0, 0.1) is 10.5 Å². The zero-order valence-corrected chi connectivity index (χ0v) is 11.2. The van der Waals surface area contributed by atoms with Gasteiger partial charge in [0, 0.05) is 6.54 Å². The lowest BCUT2D eigenvalue weighted by atomic mass is 10.3. The molecule has 15 heavy (non-hydrogen) atoms. The second-order valence-electron chi connectivity index (χ2n) is 3.45. The first-order valence-corrected chi connectivity index (χ1v) is 6.11. The van der Waals surface area contributed by atoms with Gasteiger partial charge in [-0.2, -0.15) is 0 Å². The molecule has 0 amide bonds. The molecule has 1 N–H and O–H groups in total. The Kier molecular flexibility index (Phi) is 5.24. The number of aryl methyl sites for hydroxylation is 2. The van der Waals surface area contributed by atoms with Crippen molar-refractivity contribution in [1.29, 1.82) is 0 Å². The average Bonchev–Trinajstić information content (AvgIpc) is 2.24. The fourth-order valence-corrected chi connectivity index (χ4v) is 1.74. The molecule has 1 aromatic heterocycles. The van der Waals surface area contributed by atoms with Gasteiger partial charge in [0.2, 0.25) is 0 Å². The monoisotopic (exact) mass is 321 g/mol. The van der Waals surface area contributed by atoms with E-state index in [1.54, 1.807) is 10.9 Å². The molecule has 0 bridgehead atoms. The molecule has 0 saturated heterocycles. The number of aromatic nitrogens is 2. The highest BCUT2D eigenvalue weighted by atomic mass is 127. The van der Waals surface area contributed by atoms with Gasteiger partial charge in [-0.05, 0) is 55.9 Å². The van der Waals surface area contributed by atoms with Crippen LogP contribution in [0.5, 0.6) is 0 Å². The van der Waals surface area contributed by atoms with Crippen LogP contribution in [-0.4, -0.2) is 23.1 Å². The number of hydrogen-bond acceptors (Lipinski definition) is 3. The molecule has 4 nitrogen and oxygen atoms in total. The van der Waals surface area contributed by atoms with Crippen molar-refractivity contribution in [3.63, 3.8) is 0 Å². The van der Waals surface area contributed by atoms with E-state index in [-0.39, 0.29) is 5.56 Å². The molecule has 5 heteroatoms. The summed E-state index contributed by atoms with van der Waals surface area (Å²) in [5.41, 5.74) is 0.889. The summed E-state index contributed by atoms with van der Waals surface area (Å²) in [4.78, 5) is 15.9. The van der Waals surface area contributed by atoms with E-state index in [0.29, 0.717) is 0 Å². The minimum absolute atomic E-state index is 0.0764. The van der Waals surface area contributed by atoms with E-state index in [9.17, 15) is 4.79 Å². The standard InChI is InChI=1S/C10H16IN3O/c1-8-9(11)10(15)14(7-13-8)6-4-3-5-12-2/h7,12H,3-6H2,1-2H3. The topological polar surface area (TPSA) is 46.9 Å². The van der Waals surface area contributed by atoms with Crippen LogP contribution in [0.2, 0.25) is 0 Å². The van der Waals surface area contributed by atoms with Gasteiger partial charge in [0.15, 0.2) is 0 Å². The van der Waals surface area contributed by atoms with E-state index in [4.69, 9.17) is 0 Å². The minimum atomic E-state index is 0.0764. The molecule has 84 valence electrons. The molecule has 0 aliphatic heterocycles.